The van der Waals surface area contributed by atoms with Crippen molar-refractivity contribution in [3.63, 3.8) is 0 Å². The molecule has 0 atom stereocenters. The smallest absolute Gasteiger partial charge is 0.341 e. The van der Waals surface area contributed by atoms with Gasteiger partial charge in [0, 0.05) is 17.0 Å². The van der Waals surface area contributed by atoms with Gasteiger partial charge in [-0.3, -0.25) is 0 Å². The van der Waals surface area contributed by atoms with Crippen LogP contribution in [0.25, 0.3) is 22.0 Å². The van der Waals surface area contributed by atoms with Crippen LogP contribution >= 0.6 is 0 Å². The molecule has 9 heteroatoms. The van der Waals surface area contributed by atoms with Crippen LogP contribution in [0.1, 0.15) is 21.6 Å². The van der Waals surface area contributed by atoms with Crippen molar-refractivity contribution in [2.45, 2.75) is 13.2 Å². The number of aromatic nitrogens is 1. The number of carbonyl (C=O) groups excluding carboxylic acids is 1. The van der Waals surface area contributed by atoms with Gasteiger partial charge in [0.1, 0.15) is 26.4 Å². The van der Waals surface area contributed by atoms with Crippen molar-refractivity contribution in [2.24, 2.45) is 0 Å². The van der Waals surface area contributed by atoms with Crippen LogP contribution in [0.3, 0.4) is 0 Å². The van der Waals surface area contributed by atoms with Gasteiger partial charge in [0.15, 0.2) is 34.5 Å². The van der Waals surface area contributed by atoms with Gasteiger partial charge in [-0.25, -0.2) is 9.78 Å². The van der Waals surface area contributed by atoms with Crippen LogP contribution in [-0.2, 0) is 18.0 Å². The third-order valence-corrected chi connectivity index (χ3v) is 6.56. The summed E-state index contributed by atoms with van der Waals surface area (Å²) in [5, 5.41) is 0.731. The monoisotopic (exact) mass is 515 g/mol. The number of benzene rings is 3. The van der Waals surface area contributed by atoms with Crippen molar-refractivity contribution in [2.75, 3.05) is 34.5 Å². The van der Waals surface area contributed by atoms with Crippen LogP contribution in [0, 0.1) is 0 Å². The molecule has 0 fully saturated rings. The SMILES string of the molecule is COc1ccc(COc2cc3nc4c(c(-c5ccc6c(c5)OCCO6)c3cc2OC)C(=O)OC4)cc1OC. The second-order valence-electron chi connectivity index (χ2n) is 8.74. The number of carbonyl (C=O) groups is 1. The molecule has 9 nitrogen and oxygen atoms in total. The van der Waals surface area contributed by atoms with Crippen LogP contribution in [-0.4, -0.2) is 45.5 Å². The Morgan fingerprint density at radius 2 is 1.53 bits per heavy atom. The predicted octanol–water partition coefficient (Wildman–Crippen LogP) is 4.95. The highest BCUT2D eigenvalue weighted by molar-refractivity contribution is 6.09. The number of hydrogen-bond donors (Lipinski definition) is 0. The van der Waals surface area contributed by atoms with Gasteiger partial charge in [-0.1, -0.05) is 12.1 Å². The third-order valence-electron chi connectivity index (χ3n) is 6.56. The molecule has 3 heterocycles. The number of methoxy groups -OCH3 is 3. The maximum atomic E-state index is 12.8. The summed E-state index contributed by atoms with van der Waals surface area (Å²) in [4.78, 5) is 17.5. The largest absolute Gasteiger partial charge is 0.493 e. The lowest BCUT2D eigenvalue weighted by molar-refractivity contribution is 0.0534. The van der Waals surface area contributed by atoms with Crippen molar-refractivity contribution in [3.8, 4) is 45.6 Å². The number of ether oxygens (including phenoxy) is 7. The Bertz CT molecular complexity index is 1560. The first kappa shape index (κ1) is 23.7. The van der Waals surface area contributed by atoms with Gasteiger partial charge in [0.25, 0.3) is 0 Å². The predicted molar refractivity (Wildman–Crippen MR) is 138 cm³/mol. The Balaban J connectivity index is 1.44. The van der Waals surface area contributed by atoms with Crippen LogP contribution in [0.2, 0.25) is 0 Å². The molecule has 0 radical (unpaired) electrons. The molecule has 38 heavy (non-hydrogen) atoms. The third kappa shape index (κ3) is 4.06. The van der Waals surface area contributed by atoms with Crippen molar-refractivity contribution in [1.29, 1.82) is 0 Å². The lowest BCUT2D eigenvalue weighted by Gasteiger charge is -2.20. The number of pyridine rings is 1. The standard InChI is InChI=1S/C29H25NO8/c1-32-21-6-4-16(10-23(21)33-2)14-37-26-13-19-18(12-24(26)34-3)27(28-20(30-19)15-38-29(28)31)17-5-7-22-25(11-17)36-9-8-35-22/h4-7,10-13H,8-9,14-15H2,1-3H3. The molecule has 0 unspecified atom stereocenters. The maximum absolute atomic E-state index is 12.8. The first-order valence-corrected chi connectivity index (χ1v) is 12.0. The zero-order valence-corrected chi connectivity index (χ0v) is 21.2. The average molecular weight is 516 g/mol. The van der Waals surface area contributed by atoms with Crippen molar-refractivity contribution in [1.82, 2.24) is 4.98 Å². The second-order valence-corrected chi connectivity index (χ2v) is 8.74. The summed E-state index contributed by atoms with van der Waals surface area (Å²) in [7, 11) is 4.76. The minimum Gasteiger partial charge on any atom is -0.493 e. The van der Waals surface area contributed by atoms with E-state index in [2.05, 4.69) is 0 Å². The zero-order valence-electron chi connectivity index (χ0n) is 21.2. The molecule has 0 N–H and O–H groups in total. The average Bonchev–Trinajstić information content (AvgIpc) is 3.33. The van der Waals surface area contributed by atoms with E-state index in [0.29, 0.717) is 70.0 Å². The van der Waals surface area contributed by atoms with Gasteiger partial charge in [-0.15, -0.1) is 0 Å². The fraction of sp³-hybridized carbons (Fsp3) is 0.241. The molecule has 3 aromatic carbocycles. The summed E-state index contributed by atoms with van der Waals surface area (Å²) in [5.41, 5.74) is 4.04. The maximum Gasteiger partial charge on any atom is 0.341 e. The van der Waals surface area contributed by atoms with E-state index >= 15 is 0 Å². The summed E-state index contributed by atoms with van der Waals surface area (Å²) in [6.07, 6.45) is 0. The van der Waals surface area contributed by atoms with E-state index in [9.17, 15) is 4.79 Å². The summed E-state index contributed by atoms with van der Waals surface area (Å²) >= 11 is 0. The first-order chi connectivity index (χ1) is 18.6. The molecule has 2 aliphatic heterocycles. The van der Waals surface area contributed by atoms with E-state index < -0.39 is 5.97 Å². The number of rotatable bonds is 7. The molecule has 2 aliphatic rings. The fourth-order valence-corrected chi connectivity index (χ4v) is 4.76. The molecule has 0 amide bonds. The van der Waals surface area contributed by atoms with Crippen LogP contribution in [0.4, 0.5) is 0 Å². The van der Waals surface area contributed by atoms with E-state index in [4.69, 9.17) is 38.1 Å². The molecule has 1 aromatic heterocycles. The van der Waals surface area contributed by atoms with E-state index in [1.54, 1.807) is 21.3 Å². The molecule has 0 saturated heterocycles. The van der Waals surface area contributed by atoms with Gasteiger partial charge in [0.05, 0.1) is 38.1 Å². The van der Waals surface area contributed by atoms with Gasteiger partial charge < -0.3 is 33.2 Å². The number of cyclic esters (lactones) is 1. The van der Waals surface area contributed by atoms with Crippen molar-refractivity contribution >= 4 is 16.9 Å². The minimum atomic E-state index is -0.410. The lowest BCUT2D eigenvalue weighted by Crippen LogP contribution is -2.15. The molecule has 0 bridgehead atoms. The zero-order chi connectivity index (χ0) is 26.2. The molecule has 194 valence electrons. The Kier molecular flexibility index (Phi) is 6.03. The Labute approximate surface area is 218 Å². The topological polar surface area (TPSA) is 94.6 Å². The quantitative estimate of drug-likeness (QED) is 0.317. The number of fused-ring (bicyclic) bond motifs is 3. The van der Waals surface area contributed by atoms with Crippen LogP contribution in [0.5, 0.6) is 34.5 Å². The molecular weight excluding hydrogens is 490 g/mol. The Morgan fingerprint density at radius 3 is 2.32 bits per heavy atom. The van der Waals surface area contributed by atoms with Crippen molar-refractivity contribution in [3.05, 3.63) is 65.4 Å². The highest BCUT2D eigenvalue weighted by Gasteiger charge is 2.30. The highest BCUT2D eigenvalue weighted by Crippen LogP contribution is 2.43. The Hall–Kier alpha value is -4.66. The summed E-state index contributed by atoms with van der Waals surface area (Å²) < 4.78 is 39.4. The fourth-order valence-electron chi connectivity index (χ4n) is 4.76. The normalized spacial score (nSPS) is 13.6. The van der Waals surface area contributed by atoms with Gasteiger partial charge in [-0.05, 0) is 41.5 Å². The number of hydrogen-bond acceptors (Lipinski definition) is 9. The molecule has 0 spiro atoms. The summed E-state index contributed by atoms with van der Waals surface area (Å²) in [5.74, 6) is 3.16. The molecule has 4 aromatic rings. The highest BCUT2D eigenvalue weighted by atomic mass is 16.6. The van der Waals surface area contributed by atoms with E-state index in [-0.39, 0.29) is 13.2 Å². The van der Waals surface area contributed by atoms with E-state index in [1.165, 1.54) is 0 Å². The molecule has 0 saturated carbocycles. The Morgan fingerprint density at radius 1 is 0.763 bits per heavy atom. The lowest BCUT2D eigenvalue weighted by atomic mass is 9.94. The molecular formula is C29H25NO8. The van der Waals surface area contributed by atoms with E-state index in [1.807, 2.05) is 48.5 Å². The summed E-state index contributed by atoms with van der Waals surface area (Å²) in [6, 6.07) is 14.9. The van der Waals surface area contributed by atoms with Gasteiger partial charge in [-0.2, -0.15) is 0 Å². The number of esters is 1. The molecule has 6 rings (SSSR count). The minimum absolute atomic E-state index is 0.107. The van der Waals surface area contributed by atoms with Gasteiger partial charge in [0.2, 0.25) is 0 Å². The van der Waals surface area contributed by atoms with Crippen LogP contribution in [0.15, 0.2) is 48.5 Å². The van der Waals surface area contributed by atoms with Crippen LogP contribution < -0.4 is 28.4 Å². The number of nitrogens with zero attached hydrogens (tertiary/aromatic N) is 1. The first-order valence-electron chi connectivity index (χ1n) is 12.0. The molecule has 0 aliphatic carbocycles. The van der Waals surface area contributed by atoms with Crippen molar-refractivity contribution < 1.29 is 38.0 Å². The van der Waals surface area contributed by atoms with E-state index in [0.717, 1.165) is 16.5 Å². The summed E-state index contributed by atoms with van der Waals surface area (Å²) in [6.45, 7) is 1.33. The second kappa shape index (κ2) is 9.66. The van der Waals surface area contributed by atoms with Gasteiger partial charge >= 0.3 is 5.97 Å².